The Balaban J connectivity index is 2.03. The molecule has 0 spiro atoms. The average molecular weight is 235 g/mol. The third-order valence-electron chi connectivity index (χ3n) is 2.96. The predicted molar refractivity (Wildman–Crippen MR) is 72.9 cm³/mol. The Morgan fingerprint density at radius 3 is 2.28 bits per heavy atom. The molecule has 3 aromatic rings. The summed E-state index contributed by atoms with van der Waals surface area (Å²) in [7, 11) is 0. The summed E-state index contributed by atoms with van der Waals surface area (Å²) < 4.78 is 2.04. The van der Waals surface area contributed by atoms with Crippen molar-refractivity contribution in [2.45, 2.75) is 0 Å². The fraction of sp³-hybridized carbons (Fsp3) is 0. The number of hydrogen-bond acceptors (Lipinski definition) is 1. The summed E-state index contributed by atoms with van der Waals surface area (Å²) >= 11 is 0. The van der Waals surface area contributed by atoms with E-state index >= 15 is 0 Å². The van der Waals surface area contributed by atoms with E-state index in [2.05, 4.69) is 12.1 Å². The molecule has 0 unspecified atom stereocenters. The normalized spacial score (nSPS) is 10.4. The molecule has 2 aromatic carbocycles. The average Bonchev–Trinajstić information content (AvgIpc) is 2.90. The number of rotatable bonds is 2. The zero-order chi connectivity index (χ0) is 12.4. The molecule has 0 aliphatic rings. The van der Waals surface area contributed by atoms with Gasteiger partial charge >= 0.3 is 0 Å². The Labute approximate surface area is 106 Å². The number of phenolic OH excluding ortho intramolecular Hbond substituents is 1. The van der Waals surface area contributed by atoms with Gasteiger partial charge in [0, 0.05) is 29.2 Å². The number of nitrogens with zero attached hydrogens (tertiary/aromatic N) is 1. The van der Waals surface area contributed by atoms with Crippen molar-refractivity contribution in [2.75, 3.05) is 0 Å². The van der Waals surface area contributed by atoms with Crippen LogP contribution in [0.2, 0.25) is 0 Å². The Morgan fingerprint density at radius 1 is 0.778 bits per heavy atom. The van der Waals surface area contributed by atoms with E-state index in [1.54, 1.807) is 6.07 Å². The molecule has 0 amide bonds. The number of aromatic nitrogens is 1. The van der Waals surface area contributed by atoms with Crippen molar-refractivity contribution in [1.29, 1.82) is 0 Å². The van der Waals surface area contributed by atoms with Gasteiger partial charge in [0.25, 0.3) is 0 Å². The zero-order valence-corrected chi connectivity index (χ0v) is 9.82. The van der Waals surface area contributed by atoms with Crippen LogP contribution in [0, 0.1) is 0 Å². The van der Waals surface area contributed by atoms with E-state index in [0.717, 1.165) is 16.8 Å². The Kier molecular flexibility index (Phi) is 2.61. The van der Waals surface area contributed by atoms with Gasteiger partial charge in [-0.05, 0) is 24.3 Å². The van der Waals surface area contributed by atoms with E-state index in [1.807, 2.05) is 59.4 Å². The van der Waals surface area contributed by atoms with E-state index in [-0.39, 0.29) is 0 Å². The van der Waals surface area contributed by atoms with Crippen molar-refractivity contribution in [3.63, 3.8) is 0 Å². The second-order valence-corrected chi connectivity index (χ2v) is 4.16. The van der Waals surface area contributed by atoms with Gasteiger partial charge in [0.2, 0.25) is 0 Å². The Morgan fingerprint density at radius 2 is 1.50 bits per heavy atom. The first-order valence-corrected chi connectivity index (χ1v) is 5.86. The SMILES string of the molecule is Oc1ccccc1-c1ccn(-c2ccccc2)c1. The summed E-state index contributed by atoms with van der Waals surface area (Å²) in [6.45, 7) is 0. The molecule has 0 atom stereocenters. The van der Waals surface area contributed by atoms with E-state index in [0.29, 0.717) is 5.75 Å². The third kappa shape index (κ3) is 1.89. The molecule has 2 heteroatoms. The third-order valence-corrected chi connectivity index (χ3v) is 2.96. The summed E-state index contributed by atoms with van der Waals surface area (Å²) in [5.41, 5.74) is 2.98. The van der Waals surface area contributed by atoms with Crippen LogP contribution in [0.4, 0.5) is 0 Å². The number of phenols is 1. The quantitative estimate of drug-likeness (QED) is 0.717. The molecule has 2 nitrogen and oxygen atoms in total. The molecule has 1 aromatic heterocycles. The van der Waals surface area contributed by atoms with Crippen molar-refractivity contribution in [2.24, 2.45) is 0 Å². The number of benzene rings is 2. The lowest BCUT2D eigenvalue weighted by atomic mass is 10.1. The van der Waals surface area contributed by atoms with Crippen molar-refractivity contribution in [1.82, 2.24) is 4.57 Å². The van der Waals surface area contributed by atoms with Gasteiger partial charge in [0.15, 0.2) is 0 Å². The summed E-state index contributed by atoms with van der Waals surface area (Å²) in [6, 6.07) is 19.5. The second kappa shape index (κ2) is 4.41. The van der Waals surface area contributed by atoms with Gasteiger partial charge in [-0.2, -0.15) is 0 Å². The van der Waals surface area contributed by atoms with Crippen molar-refractivity contribution in [3.8, 4) is 22.6 Å². The molecule has 0 saturated heterocycles. The van der Waals surface area contributed by atoms with E-state index in [1.165, 1.54) is 0 Å². The minimum absolute atomic E-state index is 0.309. The predicted octanol–water partition coefficient (Wildman–Crippen LogP) is 3.85. The highest BCUT2D eigenvalue weighted by Crippen LogP contribution is 2.29. The lowest BCUT2D eigenvalue weighted by molar-refractivity contribution is 0.477. The van der Waals surface area contributed by atoms with Crippen molar-refractivity contribution >= 4 is 0 Å². The summed E-state index contributed by atoms with van der Waals surface area (Å²) in [5, 5.41) is 9.83. The largest absolute Gasteiger partial charge is 0.507 e. The topological polar surface area (TPSA) is 25.2 Å². The maximum Gasteiger partial charge on any atom is 0.123 e. The standard InChI is InChI=1S/C16H13NO/c18-16-9-5-4-8-15(16)13-10-11-17(12-13)14-6-2-1-3-7-14/h1-12,18H. The highest BCUT2D eigenvalue weighted by molar-refractivity contribution is 5.69. The first kappa shape index (κ1) is 10.7. The summed E-state index contributed by atoms with van der Waals surface area (Å²) in [5.74, 6) is 0.309. The molecular formula is C16H13NO. The minimum Gasteiger partial charge on any atom is -0.507 e. The van der Waals surface area contributed by atoms with Crippen LogP contribution in [0.3, 0.4) is 0 Å². The molecule has 0 radical (unpaired) electrons. The van der Waals surface area contributed by atoms with Crippen LogP contribution in [0.5, 0.6) is 5.75 Å². The van der Waals surface area contributed by atoms with Crippen LogP contribution in [0.25, 0.3) is 16.8 Å². The van der Waals surface area contributed by atoms with Gasteiger partial charge < -0.3 is 9.67 Å². The van der Waals surface area contributed by atoms with E-state index in [9.17, 15) is 5.11 Å². The Hall–Kier alpha value is -2.48. The molecule has 0 fully saturated rings. The molecule has 3 rings (SSSR count). The fourth-order valence-corrected chi connectivity index (χ4v) is 2.03. The highest BCUT2D eigenvalue weighted by atomic mass is 16.3. The van der Waals surface area contributed by atoms with E-state index in [4.69, 9.17) is 0 Å². The number of hydrogen-bond donors (Lipinski definition) is 1. The first-order valence-electron chi connectivity index (χ1n) is 5.86. The van der Waals surface area contributed by atoms with Crippen LogP contribution < -0.4 is 0 Å². The molecule has 1 heterocycles. The van der Waals surface area contributed by atoms with Crippen molar-refractivity contribution in [3.05, 3.63) is 73.1 Å². The zero-order valence-electron chi connectivity index (χ0n) is 9.82. The van der Waals surface area contributed by atoms with Crippen LogP contribution >= 0.6 is 0 Å². The first-order chi connectivity index (χ1) is 8.84. The summed E-state index contributed by atoms with van der Waals surface area (Å²) in [6.07, 6.45) is 4.02. The maximum absolute atomic E-state index is 9.83. The van der Waals surface area contributed by atoms with Gasteiger partial charge in [0.1, 0.15) is 5.75 Å². The van der Waals surface area contributed by atoms with Crippen molar-refractivity contribution < 1.29 is 5.11 Å². The summed E-state index contributed by atoms with van der Waals surface area (Å²) in [4.78, 5) is 0. The van der Waals surface area contributed by atoms with Crippen LogP contribution in [-0.4, -0.2) is 9.67 Å². The molecule has 0 aliphatic carbocycles. The monoisotopic (exact) mass is 235 g/mol. The van der Waals surface area contributed by atoms with Crippen LogP contribution in [-0.2, 0) is 0 Å². The lowest BCUT2D eigenvalue weighted by Gasteiger charge is -2.02. The molecule has 0 saturated carbocycles. The molecule has 18 heavy (non-hydrogen) atoms. The van der Waals surface area contributed by atoms with Gasteiger partial charge in [0.05, 0.1) is 0 Å². The van der Waals surface area contributed by atoms with Gasteiger partial charge in [-0.1, -0.05) is 36.4 Å². The van der Waals surface area contributed by atoms with Crippen LogP contribution in [0.15, 0.2) is 73.1 Å². The van der Waals surface area contributed by atoms with Gasteiger partial charge in [-0.15, -0.1) is 0 Å². The lowest BCUT2D eigenvalue weighted by Crippen LogP contribution is -1.87. The van der Waals surface area contributed by atoms with Gasteiger partial charge in [-0.3, -0.25) is 0 Å². The molecule has 0 aliphatic heterocycles. The number of aromatic hydroxyl groups is 1. The van der Waals surface area contributed by atoms with Crippen LogP contribution in [0.1, 0.15) is 0 Å². The second-order valence-electron chi connectivity index (χ2n) is 4.16. The maximum atomic E-state index is 9.83. The molecule has 1 N–H and O–H groups in total. The van der Waals surface area contributed by atoms with E-state index < -0.39 is 0 Å². The smallest absolute Gasteiger partial charge is 0.123 e. The van der Waals surface area contributed by atoms with Gasteiger partial charge in [-0.25, -0.2) is 0 Å². The molecule has 88 valence electrons. The Bertz CT molecular complexity index is 656. The molecule has 0 bridgehead atoms. The fourth-order valence-electron chi connectivity index (χ4n) is 2.03. The molecular weight excluding hydrogens is 222 g/mol. The number of para-hydroxylation sites is 2. The minimum atomic E-state index is 0.309. The highest BCUT2D eigenvalue weighted by Gasteiger charge is 2.05.